The van der Waals surface area contributed by atoms with Crippen molar-refractivity contribution in [2.45, 2.75) is 76.9 Å². The summed E-state index contributed by atoms with van der Waals surface area (Å²) in [6.45, 7) is 5.35. The van der Waals surface area contributed by atoms with Gasteiger partial charge in [-0.15, -0.1) is 0 Å². The fraction of sp³-hybridized carbons (Fsp3) is 0.615. The molecule has 4 atom stereocenters. The van der Waals surface area contributed by atoms with Crippen molar-refractivity contribution in [1.82, 2.24) is 19.8 Å². The summed E-state index contributed by atoms with van der Waals surface area (Å²) in [5, 5.41) is 0. The van der Waals surface area contributed by atoms with Crippen LogP contribution in [0, 0.1) is 11.8 Å². The zero-order valence-corrected chi connectivity index (χ0v) is 18.8. The number of rotatable bonds is 7. The largest absolute Gasteiger partial charge is 0.345 e. The zero-order chi connectivity index (χ0) is 21.2. The summed E-state index contributed by atoms with van der Waals surface area (Å²) in [4.78, 5) is 26.1. The van der Waals surface area contributed by atoms with Crippen molar-refractivity contribution in [3.63, 3.8) is 0 Å². The molecule has 0 unspecified atom stereocenters. The Balaban J connectivity index is 1.33. The van der Waals surface area contributed by atoms with Crippen molar-refractivity contribution < 1.29 is 4.79 Å². The summed E-state index contributed by atoms with van der Waals surface area (Å²) in [5.74, 6) is 2.69. The Hall–Kier alpha value is -2.14. The normalized spacial score (nSPS) is 28.5. The molecular formula is C26H36N4O. The maximum Gasteiger partial charge on any atom is 0.223 e. The minimum atomic E-state index is 0.334. The first-order chi connectivity index (χ1) is 15.2. The number of carbonyl (C=O) groups excluding carboxylic acids is 1. The van der Waals surface area contributed by atoms with E-state index in [4.69, 9.17) is 0 Å². The highest BCUT2D eigenvalue weighted by atomic mass is 16.2. The minimum absolute atomic E-state index is 0.334. The van der Waals surface area contributed by atoms with Crippen molar-refractivity contribution in [3.8, 4) is 0 Å². The second kappa shape index (κ2) is 9.15. The van der Waals surface area contributed by atoms with E-state index in [0.717, 1.165) is 51.1 Å². The fourth-order valence-electron chi connectivity index (χ4n) is 6.32. The van der Waals surface area contributed by atoms with Crippen molar-refractivity contribution in [1.29, 1.82) is 0 Å². The highest BCUT2D eigenvalue weighted by molar-refractivity contribution is 5.78. The number of aromatic amines is 1. The van der Waals surface area contributed by atoms with E-state index in [1.165, 1.54) is 36.9 Å². The molecule has 1 amide bonds. The molecule has 0 radical (unpaired) electrons. The first-order valence-corrected chi connectivity index (χ1v) is 12.3. The van der Waals surface area contributed by atoms with Gasteiger partial charge in [0.05, 0.1) is 0 Å². The van der Waals surface area contributed by atoms with Gasteiger partial charge < -0.3 is 9.88 Å². The predicted octanol–water partition coefficient (Wildman–Crippen LogP) is 4.20. The third kappa shape index (κ3) is 4.43. The monoisotopic (exact) mass is 420 g/mol. The molecule has 5 nitrogen and oxygen atoms in total. The Morgan fingerprint density at radius 2 is 2.00 bits per heavy atom. The molecular weight excluding hydrogens is 384 g/mol. The number of nitrogens with zero attached hydrogens (tertiary/aromatic N) is 3. The lowest BCUT2D eigenvalue weighted by atomic mass is 9.70. The number of H-pyrrole nitrogens is 1. The molecule has 2 aromatic rings. The van der Waals surface area contributed by atoms with Gasteiger partial charge in [-0.2, -0.15) is 0 Å². The number of hydrogen-bond acceptors (Lipinski definition) is 3. The van der Waals surface area contributed by atoms with Crippen LogP contribution in [0.5, 0.6) is 0 Å². The molecule has 0 saturated carbocycles. The maximum atomic E-state index is 13.0. The van der Waals surface area contributed by atoms with Gasteiger partial charge >= 0.3 is 0 Å². The van der Waals surface area contributed by atoms with E-state index >= 15 is 0 Å². The number of benzene rings is 1. The predicted molar refractivity (Wildman–Crippen MR) is 122 cm³/mol. The van der Waals surface area contributed by atoms with Crippen LogP contribution in [0.15, 0.2) is 36.5 Å². The molecule has 0 aliphatic carbocycles. The second-order valence-corrected chi connectivity index (χ2v) is 9.93. The molecule has 1 N–H and O–H groups in total. The van der Waals surface area contributed by atoms with Crippen LogP contribution in [0.4, 0.5) is 0 Å². The smallest absolute Gasteiger partial charge is 0.223 e. The van der Waals surface area contributed by atoms with E-state index in [9.17, 15) is 4.79 Å². The van der Waals surface area contributed by atoms with E-state index in [-0.39, 0.29) is 0 Å². The van der Waals surface area contributed by atoms with Crippen LogP contribution < -0.4 is 0 Å². The number of fused-ring (bicyclic) bond motifs is 4. The van der Waals surface area contributed by atoms with Crippen LogP contribution in [0.25, 0.3) is 0 Å². The maximum absolute atomic E-state index is 13.0. The summed E-state index contributed by atoms with van der Waals surface area (Å²) in [6.07, 6.45) is 10.7. The number of hydrogen-bond donors (Lipinski definition) is 1. The molecule has 1 aromatic heterocycles. The number of amides is 1. The highest BCUT2D eigenvalue weighted by Crippen LogP contribution is 2.42. The van der Waals surface area contributed by atoms with E-state index < -0.39 is 0 Å². The number of nitrogens with one attached hydrogen (secondary N) is 1. The lowest BCUT2D eigenvalue weighted by Crippen LogP contribution is -2.65. The molecule has 2 bridgehead atoms. The van der Waals surface area contributed by atoms with Gasteiger partial charge in [0, 0.05) is 56.5 Å². The molecule has 0 spiro atoms. The molecule has 3 fully saturated rings. The number of aryl methyl sites for hydroxylation is 1. The molecule has 3 saturated heterocycles. The molecule has 3 aliphatic rings. The zero-order valence-electron chi connectivity index (χ0n) is 18.8. The number of likely N-dealkylation sites (tertiary alicyclic amines) is 1. The van der Waals surface area contributed by atoms with Crippen LogP contribution in [0.3, 0.4) is 0 Å². The quantitative estimate of drug-likeness (QED) is 0.730. The summed E-state index contributed by atoms with van der Waals surface area (Å²) < 4.78 is 0. The number of carbonyl (C=O) groups is 1. The highest BCUT2D eigenvalue weighted by Gasteiger charge is 2.49. The standard InChI is InChI=1S/C26H36N4O/c1-2-3-11-25-27-15-22(28-25)18-29-16-20-14-21(17-29)24(13-19-8-5-4-6-9-19)30-23(20)10-7-12-26(30)31/h4-6,8-9,15,20-21,23-24H,2-3,7,10-14,16-18H2,1H3,(H,27,28)/t20-,21+,23+,24+/m1/s1. The third-order valence-corrected chi connectivity index (χ3v) is 7.70. The summed E-state index contributed by atoms with van der Waals surface area (Å²) in [7, 11) is 0. The van der Waals surface area contributed by atoms with Gasteiger partial charge in [0.1, 0.15) is 5.82 Å². The van der Waals surface area contributed by atoms with Gasteiger partial charge in [-0.05, 0) is 49.5 Å². The average molecular weight is 421 g/mol. The van der Waals surface area contributed by atoms with Gasteiger partial charge in [-0.1, -0.05) is 43.7 Å². The fourth-order valence-corrected chi connectivity index (χ4v) is 6.32. The van der Waals surface area contributed by atoms with Crippen LogP contribution in [0.1, 0.15) is 62.5 Å². The van der Waals surface area contributed by atoms with E-state index in [1.54, 1.807) is 0 Å². The molecule has 31 heavy (non-hydrogen) atoms. The molecule has 1 aromatic carbocycles. The first kappa shape index (κ1) is 20.7. The van der Waals surface area contributed by atoms with Gasteiger partial charge in [-0.3, -0.25) is 9.69 Å². The van der Waals surface area contributed by atoms with Crippen molar-refractivity contribution in [2.75, 3.05) is 13.1 Å². The molecule has 5 rings (SSSR count). The van der Waals surface area contributed by atoms with Gasteiger partial charge in [0.15, 0.2) is 0 Å². The molecule has 3 aliphatic heterocycles. The van der Waals surface area contributed by atoms with E-state index in [1.807, 2.05) is 6.20 Å². The summed E-state index contributed by atoms with van der Waals surface area (Å²) in [6, 6.07) is 11.5. The number of unbranched alkanes of at least 4 members (excludes halogenated alkanes) is 1. The van der Waals surface area contributed by atoms with Crippen molar-refractivity contribution in [3.05, 3.63) is 53.6 Å². The number of imidazole rings is 1. The van der Waals surface area contributed by atoms with Crippen LogP contribution >= 0.6 is 0 Å². The topological polar surface area (TPSA) is 52.2 Å². The lowest BCUT2D eigenvalue weighted by Gasteiger charge is -2.56. The Morgan fingerprint density at radius 1 is 1.16 bits per heavy atom. The van der Waals surface area contributed by atoms with Crippen molar-refractivity contribution >= 4 is 5.91 Å². The molecule has 166 valence electrons. The van der Waals surface area contributed by atoms with Gasteiger partial charge in [0.2, 0.25) is 5.91 Å². The lowest BCUT2D eigenvalue weighted by molar-refractivity contribution is -0.152. The average Bonchev–Trinajstić information content (AvgIpc) is 3.23. The Bertz CT molecular complexity index is 879. The van der Waals surface area contributed by atoms with Crippen molar-refractivity contribution in [2.24, 2.45) is 11.8 Å². The Kier molecular flexibility index (Phi) is 6.13. The van der Waals surface area contributed by atoms with Gasteiger partial charge in [-0.25, -0.2) is 4.98 Å². The third-order valence-electron chi connectivity index (χ3n) is 7.70. The summed E-state index contributed by atoms with van der Waals surface area (Å²) >= 11 is 0. The molecule has 5 heteroatoms. The van der Waals surface area contributed by atoms with Crippen LogP contribution in [-0.2, 0) is 24.2 Å². The SMILES string of the molecule is CCCCc1ncc(CN2C[C@H]3C[C@@H](C2)[C@H](Cc2ccccc2)N2C(=O)CCC[C@@H]32)[nH]1. The summed E-state index contributed by atoms with van der Waals surface area (Å²) in [5.41, 5.74) is 2.59. The Labute approximate surface area is 186 Å². The van der Waals surface area contributed by atoms with Gasteiger partial charge in [0.25, 0.3) is 0 Å². The van der Waals surface area contributed by atoms with E-state index in [2.05, 4.69) is 57.0 Å². The van der Waals surface area contributed by atoms with Crippen LogP contribution in [-0.4, -0.2) is 50.8 Å². The number of piperidine rings is 3. The Morgan fingerprint density at radius 3 is 2.84 bits per heavy atom. The first-order valence-electron chi connectivity index (χ1n) is 12.3. The number of aromatic nitrogens is 2. The van der Waals surface area contributed by atoms with Crippen LogP contribution in [0.2, 0.25) is 0 Å². The molecule has 4 heterocycles. The van der Waals surface area contributed by atoms with E-state index in [0.29, 0.717) is 29.8 Å². The second-order valence-electron chi connectivity index (χ2n) is 9.93. The minimum Gasteiger partial charge on any atom is -0.345 e.